The van der Waals surface area contributed by atoms with Crippen LogP contribution in [0.5, 0.6) is 0 Å². The van der Waals surface area contributed by atoms with Gasteiger partial charge in [0.1, 0.15) is 0 Å². The van der Waals surface area contributed by atoms with Crippen LogP contribution in [0.1, 0.15) is 32.7 Å². The third-order valence-corrected chi connectivity index (χ3v) is 3.28. The van der Waals surface area contributed by atoms with Gasteiger partial charge in [-0.05, 0) is 38.8 Å². The lowest BCUT2D eigenvalue weighted by Crippen LogP contribution is -2.38. The zero-order valence-electron chi connectivity index (χ0n) is 9.19. The topological polar surface area (TPSA) is 8.17 Å². The molecule has 0 aromatic carbocycles. The molecule has 0 radical (unpaired) electrons. The van der Waals surface area contributed by atoms with Crippen LogP contribution < -0.4 is 0 Å². The number of nitrogens with zero attached hydrogens (tertiary/aromatic N) is 2. The van der Waals surface area contributed by atoms with Gasteiger partial charge in [-0.3, -0.25) is 0 Å². The molecule has 0 amide bonds. The van der Waals surface area contributed by atoms with E-state index in [0.29, 0.717) is 6.04 Å². The molecule has 1 fully saturated rings. The third-order valence-electron chi connectivity index (χ3n) is 3.28. The molecule has 0 bridgehead atoms. The summed E-state index contributed by atoms with van der Waals surface area (Å²) in [7, 11) is 0. The highest BCUT2D eigenvalue weighted by atomic mass is 15.2. The molecule has 0 spiro atoms. The Morgan fingerprint density at radius 3 is 2.14 bits per heavy atom. The van der Waals surface area contributed by atoms with Gasteiger partial charge in [0.2, 0.25) is 0 Å². The minimum atomic E-state index is 0.709. The molecule has 0 N–H and O–H groups in total. The maximum atomic E-state index is 2.57. The smallest absolute Gasteiger partial charge is 0.0355 e. The second-order valence-corrected chi connectivity index (χ2v) is 4.49. The lowest BCUT2D eigenvalue weighted by molar-refractivity contribution is 0.152. The summed E-state index contributed by atoms with van der Waals surface area (Å²) in [5.41, 5.74) is 0. The lowest BCUT2D eigenvalue weighted by Gasteiger charge is -2.35. The van der Waals surface area contributed by atoms with Crippen molar-refractivity contribution in [2.45, 2.75) is 38.8 Å². The minimum Gasteiger partial charge on any atom is -0.351 e. The van der Waals surface area contributed by atoms with Crippen LogP contribution in [0.4, 0.5) is 0 Å². The van der Waals surface area contributed by atoms with Crippen molar-refractivity contribution in [2.75, 3.05) is 13.1 Å². The molecule has 78 valence electrons. The Morgan fingerprint density at radius 1 is 1.07 bits per heavy atom. The van der Waals surface area contributed by atoms with Gasteiger partial charge in [-0.25, -0.2) is 0 Å². The van der Waals surface area contributed by atoms with Gasteiger partial charge in [-0.2, -0.15) is 0 Å². The van der Waals surface area contributed by atoms with E-state index in [-0.39, 0.29) is 0 Å². The largest absolute Gasteiger partial charge is 0.351 e. The van der Waals surface area contributed by atoms with Crippen LogP contribution in [0.2, 0.25) is 0 Å². The summed E-state index contributed by atoms with van der Waals surface area (Å²) >= 11 is 0. The van der Waals surface area contributed by atoms with E-state index >= 15 is 0 Å². The zero-order chi connectivity index (χ0) is 9.97. The molecule has 2 heterocycles. The van der Waals surface area contributed by atoms with Crippen molar-refractivity contribution in [3.63, 3.8) is 0 Å². The summed E-state index contributed by atoms with van der Waals surface area (Å²) in [4.78, 5) is 2.57. The average Bonchev–Trinajstić information content (AvgIpc) is 2.71. The van der Waals surface area contributed by atoms with Gasteiger partial charge in [-0.1, -0.05) is 0 Å². The number of piperidine rings is 1. The summed E-state index contributed by atoms with van der Waals surface area (Å²) < 4.78 is 2.36. The molecule has 0 saturated carbocycles. The third kappa shape index (κ3) is 2.01. The summed E-state index contributed by atoms with van der Waals surface area (Å²) in [5.74, 6) is 0. The summed E-state index contributed by atoms with van der Waals surface area (Å²) in [6.07, 6.45) is 6.98. The first kappa shape index (κ1) is 9.78. The van der Waals surface area contributed by atoms with Crippen LogP contribution in [0.25, 0.3) is 0 Å². The first-order chi connectivity index (χ1) is 6.77. The van der Waals surface area contributed by atoms with Gasteiger partial charge in [0.05, 0.1) is 0 Å². The maximum Gasteiger partial charge on any atom is 0.0355 e. The second kappa shape index (κ2) is 4.18. The van der Waals surface area contributed by atoms with Crippen LogP contribution in [0.3, 0.4) is 0 Å². The Morgan fingerprint density at radius 2 is 1.64 bits per heavy atom. The summed E-state index contributed by atoms with van der Waals surface area (Å²) in [5, 5.41) is 0. The highest BCUT2D eigenvalue weighted by Gasteiger charge is 2.20. The van der Waals surface area contributed by atoms with E-state index in [0.717, 1.165) is 6.04 Å². The fraction of sp³-hybridized carbons (Fsp3) is 0.667. The van der Waals surface area contributed by atoms with Gasteiger partial charge in [-0.15, -0.1) is 0 Å². The van der Waals surface area contributed by atoms with E-state index in [2.05, 4.69) is 47.8 Å². The van der Waals surface area contributed by atoms with E-state index in [1.807, 2.05) is 0 Å². The Bertz CT molecular complexity index is 256. The molecule has 0 unspecified atom stereocenters. The Kier molecular flexibility index (Phi) is 2.92. The molecule has 1 aliphatic rings. The molecule has 1 aromatic rings. The first-order valence-electron chi connectivity index (χ1n) is 5.64. The van der Waals surface area contributed by atoms with Crippen molar-refractivity contribution in [1.29, 1.82) is 0 Å². The van der Waals surface area contributed by atoms with Crippen LogP contribution >= 0.6 is 0 Å². The Balaban J connectivity index is 1.90. The zero-order valence-corrected chi connectivity index (χ0v) is 9.19. The number of hydrogen-bond acceptors (Lipinski definition) is 1. The number of aromatic nitrogens is 1. The molecular weight excluding hydrogens is 172 g/mol. The molecule has 1 aliphatic heterocycles. The van der Waals surface area contributed by atoms with Gasteiger partial charge >= 0.3 is 0 Å². The van der Waals surface area contributed by atoms with Crippen LogP contribution in [0, 0.1) is 0 Å². The average molecular weight is 192 g/mol. The van der Waals surface area contributed by atoms with E-state index in [9.17, 15) is 0 Å². The first-order valence-corrected chi connectivity index (χ1v) is 5.64. The molecule has 2 nitrogen and oxygen atoms in total. The molecule has 1 saturated heterocycles. The highest BCUT2D eigenvalue weighted by molar-refractivity contribution is 4.94. The van der Waals surface area contributed by atoms with E-state index < -0.39 is 0 Å². The summed E-state index contributed by atoms with van der Waals surface area (Å²) in [6, 6.07) is 5.68. The molecule has 14 heavy (non-hydrogen) atoms. The summed E-state index contributed by atoms with van der Waals surface area (Å²) in [6.45, 7) is 7.08. The van der Waals surface area contributed by atoms with Gasteiger partial charge in [0.15, 0.2) is 0 Å². The van der Waals surface area contributed by atoms with Gasteiger partial charge in [0, 0.05) is 37.6 Å². The monoisotopic (exact) mass is 192 g/mol. The second-order valence-electron chi connectivity index (χ2n) is 4.49. The van der Waals surface area contributed by atoms with E-state index in [4.69, 9.17) is 0 Å². The molecule has 0 aliphatic carbocycles. The number of hydrogen-bond donors (Lipinski definition) is 0. The Hall–Kier alpha value is -0.760. The van der Waals surface area contributed by atoms with Crippen LogP contribution in [0.15, 0.2) is 24.5 Å². The fourth-order valence-corrected chi connectivity index (χ4v) is 2.29. The van der Waals surface area contributed by atoms with E-state index in [1.165, 1.54) is 25.9 Å². The van der Waals surface area contributed by atoms with Crippen molar-refractivity contribution in [3.8, 4) is 0 Å². The van der Waals surface area contributed by atoms with Gasteiger partial charge < -0.3 is 9.47 Å². The predicted octanol–water partition coefficient (Wildman–Crippen LogP) is 2.53. The molecule has 1 aromatic heterocycles. The fourth-order valence-electron chi connectivity index (χ4n) is 2.29. The number of likely N-dealkylation sites (tertiary alicyclic amines) is 1. The maximum absolute atomic E-state index is 2.57. The van der Waals surface area contributed by atoms with Crippen molar-refractivity contribution >= 4 is 0 Å². The van der Waals surface area contributed by atoms with Crippen molar-refractivity contribution in [1.82, 2.24) is 9.47 Å². The minimum absolute atomic E-state index is 0.709. The van der Waals surface area contributed by atoms with Crippen molar-refractivity contribution in [3.05, 3.63) is 24.5 Å². The highest BCUT2D eigenvalue weighted by Crippen LogP contribution is 2.23. The Labute approximate surface area is 86.5 Å². The standard InChI is InChI=1S/C12H20N2/c1-11(2)13-9-5-12(6-10-13)14-7-3-4-8-14/h3-4,7-8,11-12H,5-6,9-10H2,1-2H3. The normalized spacial score (nSPS) is 20.5. The molecular formula is C12H20N2. The van der Waals surface area contributed by atoms with E-state index in [1.54, 1.807) is 0 Å². The van der Waals surface area contributed by atoms with Crippen molar-refractivity contribution in [2.24, 2.45) is 0 Å². The SMILES string of the molecule is CC(C)N1CCC(n2cccc2)CC1. The lowest BCUT2D eigenvalue weighted by atomic mass is 10.0. The van der Waals surface area contributed by atoms with Gasteiger partial charge in [0.25, 0.3) is 0 Å². The van der Waals surface area contributed by atoms with Crippen LogP contribution in [-0.2, 0) is 0 Å². The molecule has 2 heteroatoms. The number of rotatable bonds is 2. The molecule has 2 rings (SSSR count). The quantitative estimate of drug-likeness (QED) is 0.699. The molecule has 0 atom stereocenters. The predicted molar refractivity (Wildman–Crippen MR) is 59.4 cm³/mol. The van der Waals surface area contributed by atoms with Crippen LogP contribution in [-0.4, -0.2) is 28.6 Å². The van der Waals surface area contributed by atoms with Crippen molar-refractivity contribution < 1.29 is 0 Å².